The first-order valence-electron chi connectivity index (χ1n) is 5.31. The fourth-order valence-electron chi connectivity index (χ4n) is 3.06. The highest BCUT2D eigenvalue weighted by atomic mass is 32.2. The Morgan fingerprint density at radius 2 is 2.00 bits per heavy atom. The molecule has 0 saturated heterocycles. The van der Waals surface area contributed by atoms with Crippen LogP contribution in [0.3, 0.4) is 0 Å². The Hall–Kier alpha value is 0.0200. The summed E-state index contributed by atoms with van der Waals surface area (Å²) in [5, 5.41) is 0.635. The van der Waals surface area contributed by atoms with Gasteiger partial charge in [-0.1, -0.05) is 12.8 Å². The molecule has 2 saturated carbocycles. The van der Waals surface area contributed by atoms with E-state index in [0.29, 0.717) is 16.4 Å². The molecule has 2 aliphatic carbocycles. The van der Waals surface area contributed by atoms with Gasteiger partial charge in [-0.15, -0.1) is 0 Å². The maximum atomic E-state index is 11.4. The third-order valence-electron chi connectivity index (χ3n) is 3.88. The number of carbonyl (C=O) groups excluding carboxylic acids is 1. The van der Waals surface area contributed by atoms with Gasteiger partial charge < -0.3 is 0 Å². The lowest BCUT2D eigenvalue weighted by atomic mass is 9.72. The Bertz CT molecular complexity index is 206. The third-order valence-corrected chi connectivity index (χ3v) is 5.12. The van der Waals surface area contributed by atoms with E-state index >= 15 is 0 Å². The van der Waals surface area contributed by atoms with Crippen molar-refractivity contribution in [2.24, 2.45) is 5.41 Å². The summed E-state index contributed by atoms with van der Waals surface area (Å²) in [6, 6.07) is 0. The highest BCUT2D eigenvalue weighted by molar-refractivity contribution is 7.99. The van der Waals surface area contributed by atoms with E-state index < -0.39 is 0 Å². The van der Waals surface area contributed by atoms with E-state index in [1.165, 1.54) is 32.1 Å². The van der Waals surface area contributed by atoms with Gasteiger partial charge in [0.25, 0.3) is 0 Å². The Labute approximate surface area is 84.7 Å². The van der Waals surface area contributed by atoms with Crippen molar-refractivity contribution in [3.05, 3.63) is 0 Å². The monoisotopic (exact) mass is 198 g/mol. The van der Waals surface area contributed by atoms with Gasteiger partial charge >= 0.3 is 0 Å². The second kappa shape index (κ2) is 3.64. The molecular formula is C11H18OS. The summed E-state index contributed by atoms with van der Waals surface area (Å²) < 4.78 is 0. The van der Waals surface area contributed by atoms with E-state index in [-0.39, 0.29) is 0 Å². The molecule has 0 aromatic rings. The van der Waals surface area contributed by atoms with Gasteiger partial charge in [0.1, 0.15) is 5.78 Å². The summed E-state index contributed by atoms with van der Waals surface area (Å²) in [4.78, 5) is 11.4. The maximum Gasteiger partial charge on any atom is 0.134 e. The zero-order chi connectivity index (χ0) is 9.31. The molecule has 0 heterocycles. The Morgan fingerprint density at radius 1 is 1.31 bits per heavy atom. The molecule has 0 aromatic carbocycles. The predicted molar refractivity (Wildman–Crippen MR) is 57.1 cm³/mol. The van der Waals surface area contributed by atoms with Crippen LogP contribution in [0, 0.1) is 5.41 Å². The van der Waals surface area contributed by atoms with Crippen LogP contribution in [0.5, 0.6) is 0 Å². The molecule has 0 bridgehead atoms. The van der Waals surface area contributed by atoms with Gasteiger partial charge in [-0.25, -0.2) is 0 Å². The number of thioether (sulfide) groups is 1. The van der Waals surface area contributed by atoms with Crippen molar-refractivity contribution >= 4 is 17.5 Å². The normalized spacial score (nSPS) is 32.7. The average molecular weight is 198 g/mol. The molecule has 2 fully saturated rings. The lowest BCUT2D eigenvalue weighted by Crippen LogP contribution is -2.36. The molecule has 0 aromatic heterocycles. The van der Waals surface area contributed by atoms with E-state index in [9.17, 15) is 4.79 Å². The first-order chi connectivity index (χ1) is 6.27. The first-order valence-corrected chi connectivity index (χ1v) is 6.60. The van der Waals surface area contributed by atoms with Crippen LogP contribution < -0.4 is 0 Å². The van der Waals surface area contributed by atoms with Gasteiger partial charge in [0.15, 0.2) is 0 Å². The average Bonchev–Trinajstić information content (AvgIpc) is 2.59. The van der Waals surface area contributed by atoms with Crippen molar-refractivity contribution in [3.8, 4) is 0 Å². The summed E-state index contributed by atoms with van der Waals surface area (Å²) >= 11 is 1.92. The Kier molecular flexibility index (Phi) is 2.68. The topological polar surface area (TPSA) is 17.1 Å². The van der Waals surface area contributed by atoms with Crippen LogP contribution in [-0.2, 0) is 4.79 Å². The van der Waals surface area contributed by atoms with Gasteiger partial charge in [-0.3, -0.25) is 4.79 Å². The number of carbonyl (C=O) groups is 1. The standard InChI is InChI=1S/C11H18OS/c1-13-10-8-9(12)4-7-11(10)5-2-3-6-11/h10H,2-8H2,1H3. The fourth-order valence-corrected chi connectivity index (χ4v) is 4.27. The molecule has 1 nitrogen and oxygen atoms in total. The lowest BCUT2D eigenvalue weighted by molar-refractivity contribution is -0.122. The van der Waals surface area contributed by atoms with Crippen LogP contribution in [0.1, 0.15) is 44.9 Å². The van der Waals surface area contributed by atoms with E-state index in [1.54, 1.807) is 0 Å². The molecule has 0 radical (unpaired) electrons. The molecule has 2 aliphatic rings. The van der Waals surface area contributed by atoms with Crippen LogP contribution in [0.15, 0.2) is 0 Å². The predicted octanol–water partition coefficient (Wildman–Crippen LogP) is 3.03. The Balaban J connectivity index is 2.12. The summed E-state index contributed by atoms with van der Waals surface area (Å²) in [5.74, 6) is 0.497. The fraction of sp³-hybridized carbons (Fsp3) is 0.909. The van der Waals surface area contributed by atoms with Crippen molar-refractivity contribution < 1.29 is 4.79 Å². The summed E-state index contributed by atoms with van der Waals surface area (Å²) in [6.07, 6.45) is 10.6. The molecule has 2 heteroatoms. The summed E-state index contributed by atoms with van der Waals surface area (Å²) in [7, 11) is 0. The third kappa shape index (κ3) is 1.65. The SMILES string of the molecule is CSC1CC(=O)CCC12CCCC2. The lowest BCUT2D eigenvalue weighted by Gasteiger charge is -2.40. The second-order valence-electron chi connectivity index (χ2n) is 4.54. The van der Waals surface area contributed by atoms with Crippen molar-refractivity contribution in [2.45, 2.75) is 50.2 Å². The largest absolute Gasteiger partial charge is 0.300 e. The molecule has 2 rings (SSSR count). The van der Waals surface area contributed by atoms with Gasteiger partial charge in [0, 0.05) is 18.1 Å². The van der Waals surface area contributed by atoms with Crippen LogP contribution in [0.2, 0.25) is 0 Å². The minimum atomic E-state index is 0.497. The molecular weight excluding hydrogens is 180 g/mol. The zero-order valence-electron chi connectivity index (χ0n) is 8.34. The smallest absolute Gasteiger partial charge is 0.134 e. The summed E-state index contributed by atoms with van der Waals surface area (Å²) in [6.45, 7) is 0. The quantitative estimate of drug-likeness (QED) is 0.644. The van der Waals surface area contributed by atoms with E-state index in [4.69, 9.17) is 0 Å². The highest BCUT2D eigenvalue weighted by Crippen LogP contribution is 2.52. The van der Waals surface area contributed by atoms with Crippen molar-refractivity contribution in [3.63, 3.8) is 0 Å². The number of hydrogen-bond acceptors (Lipinski definition) is 2. The van der Waals surface area contributed by atoms with Crippen molar-refractivity contribution in [1.29, 1.82) is 0 Å². The number of rotatable bonds is 1. The molecule has 1 spiro atoms. The molecule has 74 valence electrons. The van der Waals surface area contributed by atoms with Crippen LogP contribution in [0.4, 0.5) is 0 Å². The van der Waals surface area contributed by atoms with Crippen LogP contribution in [0.25, 0.3) is 0 Å². The Morgan fingerprint density at radius 3 is 2.62 bits per heavy atom. The van der Waals surface area contributed by atoms with Gasteiger partial charge in [-0.2, -0.15) is 11.8 Å². The minimum Gasteiger partial charge on any atom is -0.300 e. The van der Waals surface area contributed by atoms with E-state index in [1.807, 2.05) is 11.8 Å². The van der Waals surface area contributed by atoms with Gasteiger partial charge in [0.05, 0.1) is 0 Å². The number of Topliss-reactive ketones (excluding diaryl/α,β-unsaturated/α-hetero) is 1. The highest BCUT2D eigenvalue weighted by Gasteiger charge is 2.44. The van der Waals surface area contributed by atoms with Crippen LogP contribution >= 0.6 is 11.8 Å². The minimum absolute atomic E-state index is 0.497. The van der Waals surface area contributed by atoms with Crippen molar-refractivity contribution in [2.75, 3.05) is 6.26 Å². The molecule has 0 N–H and O–H groups in total. The summed E-state index contributed by atoms with van der Waals surface area (Å²) in [5.41, 5.74) is 0.563. The number of hydrogen-bond donors (Lipinski definition) is 0. The number of ketones is 1. The van der Waals surface area contributed by atoms with E-state index in [2.05, 4.69) is 6.26 Å². The van der Waals surface area contributed by atoms with Crippen LogP contribution in [-0.4, -0.2) is 17.3 Å². The van der Waals surface area contributed by atoms with Crippen molar-refractivity contribution in [1.82, 2.24) is 0 Å². The second-order valence-corrected chi connectivity index (χ2v) is 5.58. The zero-order valence-corrected chi connectivity index (χ0v) is 9.16. The first kappa shape index (κ1) is 9.57. The maximum absolute atomic E-state index is 11.4. The molecule has 0 aliphatic heterocycles. The van der Waals surface area contributed by atoms with E-state index in [0.717, 1.165) is 12.8 Å². The molecule has 0 amide bonds. The van der Waals surface area contributed by atoms with Gasteiger partial charge in [0.2, 0.25) is 0 Å². The molecule has 1 unspecified atom stereocenters. The molecule has 13 heavy (non-hydrogen) atoms. The molecule has 1 atom stereocenters. The van der Waals surface area contributed by atoms with Gasteiger partial charge in [-0.05, 0) is 30.9 Å².